The fourth-order valence-corrected chi connectivity index (χ4v) is 10.6. The maximum atomic E-state index is 6.71. The fraction of sp³-hybridized carbons (Fsp3) is 0.360. The van der Waals surface area contributed by atoms with E-state index in [1.54, 1.807) is 22.5 Å². The van der Waals surface area contributed by atoms with Crippen molar-refractivity contribution in [2.24, 2.45) is 23.7 Å². The van der Waals surface area contributed by atoms with Crippen molar-refractivity contribution in [3.05, 3.63) is 184 Å². The van der Waals surface area contributed by atoms with E-state index in [1.807, 2.05) is 0 Å². The Balaban J connectivity index is 0.945. The van der Waals surface area contributed by atoms with Gasteiger partial charge in [0.15, 0.2) is 0 Å². The van der Waals surface area contributed by atoms with Gasteiger partial charge in [-0.25, -0.2) is 0 Å². The number of allylic oxidation sites excluding steroid dienone is 20. The van der Waals surface area contributed by atoms with Gasteiger partial charge >= 0.3 is 0 Å². The van der Waals surface area contributed by atoms with Gasteiger partial charge in [0.05, 0.1) is 6.04 Å². The zero-order valence-corrected chi connectivity index (χ0v) is 30.4. The van der Waals surface area contributed by atoms with E-state index < -0.39 is 0 Å². The minimum Gasteiger partial charge on any atom is -0.485 e. The molecule has 0 saturated heterocycles. The molecule has 1 heterocycles. The van der Waals surface area contributed by atoms with Crippen LogP contribution >= 0.6 is 0 Å². The number of fused-ring (bicyclic) bond motifs is 4. The first-order valence-corrected chi connectivity index (χ1v) is 20.3. The molecule has 52 heavy (non-hydrogen) atoms. The standard InChI is InChI=1S/C50H51NO/c1-3-12-34(13-4-1)35-22-27-40(28-23-35)51(48-33-39-16-7-8-17-42(39)44-18-9-10-19-45(44)48)41-29-24-36(25-30-41)38-26-31-49-47(32-38)46-21-11-20-43(50(46)52-49)37-14-5-2-6-15-37/h1-6,8-9,12,14-15,17-18,20,22-23,26-27,29,31-32,34,36,39-40,47,49H,7,10-11,13,16,19,21,24-25,28,30,33H2. The zero-order valence-electron chi connectivity index (χ0n) is 30.4. The van der Waals surface area contributed by atoms with E-state index in [9.17, 15) is 0 Å². The summed E-state index contributed by atoms with van der Waals surface area (Å²) >= 11 is 0. The van der Waals surface area contributed by atoms with Crippen molar-refractivity contribution in [3.8, 4) is 0 Å². The molecule has 1 aliphatic heterocycles. The first kappa shape index (κ1) is 32.1. The van der Waals surface area contributed by atoms with Crippen LogP contribution in [0, 0.1) is 23.7 Å². The van der Waals surface area contributed by atoms with Gasteiger partial charge in [-0.1, -0.05) is 121 Å². The van der Waals surface area contributed by atoms with Crippen LogP contribution in [0.15, 0.2) is 178 Å². The lowest BCUT2D eigenvalue weighted by Gasteiger charge is -2.44. The van der Waals surface area contributed by atoms with E-state index in [0.29, 0.717) is 29.7 Å². The summed E-state index contributed by atoms with van der Waals surface area (Å²) in [6.45, 7) is 0. The Morgan fingerprint density at radius 1 is 0.692 bits per heavy atom. The van der Waals surface area contributed by atoms with Crippen LogP contribution in [-0.2, 0) is 4.74 Å². The van der Waals surface area contributed by atoms with E-state index in [0.717, 1.165) is 57.1 Å². The molecule has 0 spiro atoms. The predicted molar refractivity (Wildman–Crippen MR) is 214 cm³/mol. The monoisotopic (exact) mass is 681 g/mol. The summed E-state index contributed by atoms with van der Waals surface area (Å²) in [7, 11) is 0. The molecule has 0 aromatic heterocycles. The molecule has 1 aromatic rings. The van der Waals surface area contributed by atoms with Crippen molar-refractivity contribution >= 4 is 5.57 Å². The SMILES string of the molecule is C1=CCC(C2=CCC(N(C3=CCC(C4=CC5C6=C(OC5C=C4)C(c4ccccc4)=CCC6)CC3)C3=C4CCC=CC4=C4C=CCCC4C3)C=C2)C=C1. The fourth-order valence-electron chi connectivity index (χ4n) is 10.6. The zero-order chi connectivity index (χ0) is 34.4. The van der Waals surface area contributed by atoms with Crippen LogP contribution in [0.1, 0.15) is 82.6 Å². The molecule has 0 amide bonds. The van der Waals surface area contributed by atoms with Crippen LogP contribution in [0.2, 0.25) is 0 Å². The highest BCUT2D eigenvalue weighted by molar-refractivity contribution is 5.80. The van der Waals surface area contributed by atoms with Crippen molar-refractivity contribution in [2.75, 3.05) is 0 Å². The van der Waals surface area contributed by atoms with Gasteiger partial charge in [-0.05, 0) is 134 Å². The summed E-state index contributed by atoms with van der Waals surface area (Å²) in [4.78, 5) is 2.86. The first-order chi connectivity index (χ1) is 25.8. The van der Waals surface area contributed by atoms with Crippen LogP contribution in [0.3, 0.4) is 0 Å². The smallest absolute Gasteiger partial charge is 0.127 e. The van der Waals surface area contributed by atoms with E-state index in [2.05, 4.69) is 132 Å². The lowest BCUT2D eigenvalue weighted by molar-refractivity contribution is 0.175. The molecule has 0 saturated carbocycles. The summed E-state index contributed by atoms with van der Waals surface area (Å²) in [5.74, 6) is 3.22. The van der Waals surface area contributed by atoms with Crippen LogP contribution in [0.5, 0.6) is 0 Å². The van der Waals surface area contributed by atoms with Crippen LogP contribution in [-0.4, -0.2) is 17.0 Å². The molecule has 6 unspecified atom stereocenters. The summed E-state index contributed by atoms with van der Waals surface area (Å²) in [5, 5.41) is 0. The quantitative estimate of drug-likeness (QED) is 0.296. The Bertz CT molecular complexity index is 2040. The summed E-state index contributed by atoms with van der Waals surface area (Å²) in [5.41, 5.74) is 15.0. The Hall–Kier alpha value is -4.56. The van der Waals surface area contributed by atoms with E-state index in [-0.39, 0.29) is 6.10 Å². The highest BCUT2D eigenvalue weighted by Gasteiger charge is 2.40. The number of nitrogens with zero attached hydrogens (tertiary/aromatic N) is 1. The van der Waals surface area contributed by atoms with Gasteiger partial charge in [0.2, 0.25) is 0 Å². The molecule has 8 aliphatic carbocycles. The highest BCUT2D eigenvalue weighted by Crippen LogP contribution is 2.50. The second-order valence-electron chi connectivity index (χ2n) is 16.2. The molecule has 2 nitrogen and oxygen atoms in total. The maximum absolute atomic E-state index is 6.71. The van der Waals surface area contributed by atoms with Crippen LogP contribution < -0.4 is 0 Å². The van der Waals surface area contributed by atoms with E-state index in [4.69, 9.17) is 4.74 Å². The van der Waals surface area contributed by atoms with Crippen molar-refractivity contribution in [3.63, 3.8) is 0 Å². The average molecular weight is 682 g/mol. The third-order valence-electron chi connectivity index (χ3n) is 13.2. The minimum atomic E-state index is 0.131. The normalized spacial score (nSPS) is 31.6. The van der Waals surface area contributed by atoms with Gasteiger partial charge in [-0.2, -0.15) is 0 Å². The Morgan fingerprint density at radius 2 is 1.62 bits per heavy atom. The van der Waals surface area contributed by atoms with Gasteiger partial charge in [0.1, 0.15) is 11.9 Å². The third-order valence-corrected chi connectivity index (χ3v) is 13.2. The van der Waals surface area contributed by atoms with Gasteiger partial charge < -0.3 is 9.64 Å². The van der Waals surface area contributed by atoms with E-state index >= 15 is 0 Å². The van der Waals surface area contributed by atoms with Gasteiger partial charge in [0, 0.05) is 28.8 Å². The molecule has 9 aliphatic rings. The Kier molecular flexibility index (Phi) is 8.51. The topological polar surface area (TPSA) is 12.5 Å². The summed E-state index contributed by atoms with van der Waals surface area (Å²) in [6, 6.07) is 11.2. The predicted octanol–water partition coefficient (Wildman–Crippen LogP) is 12.3. The number of hydrogen-bond acceptors (Lipinski definition) is 2. The number of hydrogen-bond donors (Lipinski definition) is 0. The molecule has 6 atom stereocenters. The second-order valence-corrected chi connectivity index (χ2v) is 16.2. The molecular weight excluding hydrogens is 631 g/mol. The molecule has 0 fully saturated rings. The van der Waals surface area contributed by atoms with Crippen LogP contribution in [0.25, 0.3) is 5.57 Å². The summed E-state index contributed by atoms with van der Waals surface area (Å²) < 4.78 is 6.71. The van der Waals surface area contributed by atoms with Crippen molar-refractivity contribution in [2.45, 2.75) is 89.2 Å². The molecule has 2 heteroatoms. The number of benzene rings is 1. The minimum absolute atomic E-state index is 0.131. The lowest BCUT2D eigenvalue weighted by Crippen LogP contribution is -2.38. The largest absolute Gasteiger partial charge is 0.485 e. The van der Waals surface area contributed by atoms with Gasteiger partial charge in [0.25, 0.3) is 0 Å². The van der Waals surface area contributed by atoms with Gasteiger partial charge in [-0.3, -0.25) is 0 Å². The molecule has 10 rings (SSSR count). The molecule has 262 valence electrons. The molecule has 1 aromatic carbocycles. The van der Waals surface area contributed by atoms with Crippen LogP contribution in [0.4, 0.5) is 0 Å². The summed E-state index contributed by atoms with van der Waals surface area (Å²) in [6.07, 6.45) is 52.8. The third kappa shape index (κ3) is 5.80. The molecule has 0 N–H and O–H groups in total. The van der Waals surface area contributed by atoms with Crippen molar-refractivity contribution in [1.29, 1.82) is 0 Å². The Morgan fingerprint density at radius 3 is 2.46 bits per heavy atom. The van der Waals surface area contributed by atoms with E-state index in [1.165, 1.54) is 59.1 Å². The first-order valence-electron chi connectivity index (χ1n) is 20.3. The van der Waals surface area contributed by atoms with Crippen molar-refractivity contribution in [1.82, 2.24) is 4.90 Å². The van der Waals surface area contributed by atoms with Gasteiger partial charge in [-0.15, -0.1) is 0 Å². The molecule has 0 radical (unpaired) electrons. The molecular formula is C50H51NO. The average Bonchev–Trinajstić information content (AvgIpc) is 3.60. The molecule has 0 bridgehead atoms. The Labute approximate surface area is 310 Å². The highest BCUT2D eigenvalue weighted by atomic mass is 16.5. The second kappa shape index (κ2) is 13.8. The number of ether oxygens (including phenoxy) is 1. The number of rotatable bonds is 6. The van der Waals surface area contributed by atoms with Crippen molar-refractivity contribution < 1.29 is 4.74 Å². The maximum Gasteiger partial charge on any atom is 0.127 e. The lowest BCUT2D eigenvalue weighted by atomic mass is 9.73.